The van der Waals surface area contributed by atoms with Crippen molar-refractivity contribution in [1.29, 1.82) is 0 Å². The quantitative estimate of drug-likeness (QED) is 0.918. The fourth-order valence-electron chi connectivity index (χ4n) is 1.39. The Hall–Kier alpha value is -2.02. The van der Waals surface area contributed by atoms with Gasteiger partial charge in [-0.15, -0.1) is 0 Å². The predicted octanol–water partition coefficient (Wildman–Crippen LogP) is 4.26. The zero-order valence-electron chi connectivity index (χ0n) is 9.27. The van der Waals surface area contributed by atoms with E-state index in [0.717, 1.165) is 17.4 Å². The van der Waals surface area contributed by atoms with Crippen LogP contribution in [0.1, 0.15) is 15.2 Å². The molecular formula is C12H7F3O3S. The second-order valence-electron chi connectivity index (χ2n) is 3.52. The molecule has 0 aliphatic carbocycles. The number of aromatic carboxylic acids is 1. The summed E-state index contributed by atoms with van der Waals surface area (Å²) in [5.74, 6) is -1.50. The molecule has 0 amide bonds. The Morgan fingerprint density at radius 2 is 1.84 bits per heavy atom. The first-order valence-electron chi connectivity index (χ1n) is 5.05. The summed E-state index contributed by atoms with van der Waals surface area (Å²) in [6.45, 7) is 0. The van der Waals surface area contributed by atoms with Gasteiger partial charge in [0.25, 0.3) is 0 Å². The van der Waals surface area contributed by atoms with E-state index in [1.165, 1.54) is 30.3 Å². The van der Waals surface area contributed by atoms with Crippen LogP contribution in [-0.2, 0) is 6.18 Å². The second-order valence-corrected chi connectivity index (χ2v) is 4.57. The minimum absolute atomic E-state index is 0.000472. The van der Waals surface area contributed by atoms with E-state index in [4.69, 9.17) is 9.84 Å². The summed E-state index contributed by atoms with van der Waals surface area (Å²) in [5.41, 5.74) is -0.903. The summed E-state index contributed by atoms with van der Waals surface area (Å²) in [5, 5.41) is 8.81. The van der Waals surface area contributed by atoms with Crippen molar-refractivity contribution in [3.05, 3.63) is 46.8 Å². The Morgan fingerprint density at radius 3 is 2.42 bits per heavy atom. The molecule has 0 unspecified atom stereocenters. The van der Waals surface area contributed by atoms with Crippen molar-refractivity contribution in [1.82, 2.24) is 0 Å². The van der Waals surface area contributed by atoms with Crippen LogP contribution in [0.2, 0.25) is 0 Å². The summed E-state index contributed by atoms with van der Waals surface area (Å²) in [4.78, 5) is 10.7. The smallest absolute Gasteiger partial charge is 0.419 e. The largest absolute Gasteiger partial charge is 0.477 e. The number of rotatable bonds is 3. The SMILES string of the molecule is O=C(O)c1ccc(Oc2ccccc2C(F)(F)F)s1. The number of alkyl halides is 3. The molecule has 0 spiro atoms. The molecule has 100 valence electrons. The van der Waals surface area contributed by atoms with Crippen molar-refractivity contribution in [3.8, 4) is 10.8 Å². The van der Waals surface area contributed by atoms with E-state index in [-0.39, 0.29) is 15.7 Å². The van der Waals surface area contributed by atoms with Crippen molar-refractivity contribution in [2.24, 2.45) is 0 Å². The Bertz CT molecular complexity index is 604. The molecule has 0 fully saturated rings. The number of hydrogen-bond acceptors (Lipinski definition) is 3. The van der Waals surface area contributed by atoms with Gasteiger partial charge in [0.2, 0.25) is 0 Å². The van der Waals surface area contributed by atoms with Crippen LogP contribution < -0.4 is 4.74 Å². The zero-order valence-corrected chi connectivity index (χ0v) is 10.1. The Morgan fingerprint density at radius 1 is 1.16 bits per heavy atom. The summed E-state index contributed by atoms with van der Waals surface area (Å²) >= 11 is 0.766. The first kappa shape index (κ1) is 13.4. The number of ether oxygens (including phenoxy) is 1. The van der Waals surface area contributed by atoms with Crippen molar-refractivity contribution >= 4 is 17.3 Å². The molecule has 7 heteroatoms. The number of carboxylic acid groups (broad SMARTS) is 1. The van der Waals surface area contributed by atoms with Gasteiger partial charge >= 0.3 is 12.1 Å². The Labute approximate surface area is 109 Å². The fourth-order valence-corrected chi connectivity index (χ4v) is 2.10. The Balaban J connectivity index is 2.30. The average molecular weight is 288 g/mol. The lowest BCUT2D eigenvalue weighted by Crippen LogP contribution is -2.06. The van der Waals surface area contributed by atoms with Crippen molar-refractivity contribution in [2.75, 3.05) is 0 Å². The van der Waals surface area contributed by atoms with Crippen molar-refractivity contribution in [2.45, 2.75) is 6.18 Å². The molecule has 0 saturated carbocycles. The van der Waals surface area contributed by atoms with Gasteiger partial charge in [-0.25, -0.2) is 4.79 Å². The highest BCUT2D eigenvalue weighted by molar-refractivity contribution is 7.15. The molecule has 19 heavy (non-hydrogen) atoms. The maximum atomic E-state index is 12.7. The summed E-state index contributed by atoms with van der Waals surface area (Å²) in [6, 6.07) is 7.35. The van der Waals surface area contributed by atoms with Gasteiger partial charge in [-0.1, -0.05) is 23.5 Å². The molecule has 2 rings (SSSR count). The van der Waals surface area contributed by atoms with Crippen LogP contribution in [0.25, 0.3) is 0 Å². The van der Waals surface area contributed by atoms with Gasteiger partial charge in [-0.05, 0) is 24.3 Å². The van der Waals surface area contributed by atoms with Gasteiger partial charge in [0.05, 0.1) is 5.56 Å². The molecule has 0 radical (unpaired) electrons. The number of halogens is 3. The third kappa shape index (κ3) is 3.05. The lowest BCUT2D eigenvalue weighted by Gasteiger charge is -2.11. The van der Waals surface area contributed by atoms with E-state index in [1.54, 1.807) is 0 Å². The number of thiophene rings is 1. The monoisotopic (exact) mass is 288 g/mol. The van der Waals surface area contributed by atoms with Gasteiger partial charge in [-0.3, -0.25) is 0 Å². The van der Waals surface area contributed by atoms with Gasteiger partial charge in [0.15, 0.2) is 5.06 Å². The molecule has 0 saturated heterocycles. The fraction of sp³-hybridized carbons (Fsp3) is 0.0833. The molecule has 0 aliphatic heterocycles. The molecule has 1 heterocycles. The topological polar surface area (TPSA) is 46.5 Å². The zero-order chi connectivity index (χ0) is 14.0. The summed E-state index contributed by atoms with van der Waals surface area (Å²) in [6.07, 6.45) is -4.52. The number of carbonyl (C=O) groups is 1. The van der Waals surface area contributed by atoms with Crippen molar-refractivity contribution in [3.63, 3.8) is 0 Å². The molecule has 1 aromatic carbocycles. The summed E-state index contributed by atoms with van der Waals surface area (Å²) in [7, 11) is 0. The maximum Gasteiger partial charge on any atom is 0.419 e. The van der Waals surface area contributed by atoms with Crippen LogP contribution in [0.3, 0.4) is 0 Å². The molecule has 1 aromatic heterocycles. The third-order valence-corrected chi connectivity index (χ3v) is 3.15. The van der Waals surface area contributed by atoms with E-state index in [2.05, 4.69) is 0 Å². The third-order valence-electron chi connectivity index (χ3n) is 2.20. The van der Waals surface area contributed by atoms with Gasteiger partial charge < -0.3 is 9.84 Å². The van der Waals surface area contributed by atoms with Crippen LogP contribution >= 0.6 is 11.3 Å². The maximum absolute atomic E-state index is 12.7. The highest BCUT2D eigenvalue weighted by Crippen LogP contribution is 2.39. The van der Waals surface area contributed by atoms with Crippen molar-refractivity contribution < 1.29 is 27.8 Å². The Kier molecular flexibility index (Phi) is 3.48. The molecule has 1 N–H and O–H groups in total. The van der Waals surface area contributed by atoms with E-state index >= 15 is 0 Å². The first-order chi connectivity index (χ1) is 8.88. The van der Waals surface area contributed by atoms with E-state index in [0.29, 0.717) is 0 Å². The molecule has 0 bridgehead atoms. The molecule has 2 aromatic rings. The predicted molar refractivity (Wildman–Crippen MR) is 62.8 cm³/mol. The molecule has 0 atom stereocenters. The van der Waals surface area contributed by atoms with Gasteiger partial charge in [0.1, 0.15) is 10.6 Å². The highest BCUT2D eigenvalue weighted by Gasteiger charge is 2.34. The first-order valence-corrected chi connectivity index (χ1v) is 5.87. The molecular weight excluding hydrogens is 281 g/mol. The van der Waals surface area contributed by atoms with E-state index in [9.17, 15) is 18.0 Å². The van der Waals surface area contributed by atoms with Crippen LogP contribution in [0.15, 0.2) is 36.4 Å². The van der Waals surface area contributed by atoms with Crippen LogP contribution in [0, 0.1) is 0 Å². The van der Waals surface area contributed by atoms with Gasteiger partial charge in [0, 0.05) is 0 Å². The van der Waals surface area contributed by atoms with E-state index < -0.39 is 17.7 Å². The average Bonchev–Trinajstić information content (AvgIpc) is 2.77. The minimum atomic E-state index is -4.52. The highest BCUT2D eigenvalue weighted by atomic mass is 32.1. The normalized spacial score (nSPS) is 11.3. The number of benzene rings is 1. The number of hydrogen-bond donors (Lipinski definition) is 1. The second kappa shape index (κ2) is 4.93. The lowest BCUT2D eigenvalue weighted by molar-refractivity contribution is -0.138. The van der Waals surface area contributed by atoms with E-state index in [1.807, 2.05) is 0 Å². The lowest BCUT2D eigenvalue weighted by atomic mass is 10.2. The van der Waals surface area contributed by atoms with Crippen LogP contribution in [0.4, 0.5) is 13.2 Å². The van der Waals surface area contributed by atoms with Gasteiger partial charge in [-0.2, -0.15) is 13.2 Å². The number of carboxylic acids is 1. The molecule has 3 nitrogen and oxygen atoms in total. The summed E-state index contributed by atoms with van der Waals surface area (Å²) < 4.78 is 43.2. The minimum Gasteiger partial charge on any atom is -0.477 e. The van der Waals surface area contributed by atoms with Crippen LogP contribution in [0.5, 0.6) is 10.8 Å². The number of para-hydroxylation sites is 1. The van der Waals surface area contributed by atoms with Crippen LogP contribution in [-0.4, -0.2) is 11.1 Å². The standard InChI is InChI=1S/C12H7F3O3S/c13-12(14,15)7-3-1-2-4-8(7)18-10-6-5-9(19-10)11(16)17/h1-6H,(H,16,17). The molecule has 0 aliphatic rings.